The zero-order valence-corrected chi connectivity index (χ0v) is 19.4. The monoisotopic (exact) mass is 422 g/mol. The summed E-state index contributed by atoms with van der Waals surface area (Å²) in [4.78, 5) is 22.8. The lowest BCUT2D eigenvalue weighted by molar-refractivity contribution is -0.152. The number of hydrogen-bond acceptors (Lipinski definition) is 3. The van der Waals surface area contributed by atoms with Gasteiger partial charge >= 0.3 is 11.9 Å². The van der Waals surface area contributed by atoms with E-state index in [1.54, 1.807) is 0 Å². The second kappa shape index (κ2) is 22.1. The molecule has 4 nitrogen and oxygen atoms in total. The van der Waals surface area contributed by atoms with Crippen LogP contribution in [0.25, 0.3) is 0 Å². The Hall–Kier alpha value is -1.58. The number of carboxylic acids is 1. The predicted molar refractivity (Wildman–Crippen MR) is 126 cm³/mol. The van der Waals surface area contributed by atoms with Crippen LogP contribution in [0.2, 0.25) is 0 Å². The van der Waals surface area contributed by atoms with E-state index in [9.17, 15) is 9.59 Å². The number of rotatable bonds is 22. The molecule has 4 heteroatoms. The van der Waals surface area contributed by atoms with E-state index < -0.39 is 17.9 Å². The van der Waals surface area contributed by atoms with E-state index in [1.807, 2.05) is 0 Å². The van der Waals surface area contributed by atoms with Crippen LogP contribution in [0.4, 0.5) is 0 Å². The molecular formula is C26H46O4. The molecule has 0 aliphatic carbocycles. The first-order valence-corrected chi connectivity index (χ1v) is 12.3. The summed E-state index contributed by atoms with van der Waals surface area (Å²) in [5.41, 5.74) is 0. The fourth-order valence-corrected chi connectivity index (χ4v) is 3.59. The molecule has 1 atom stereocenters. The third kappa shape index (κ3) is 19.7. The van der Waals surface area contributed by atoms with Crippen LogP contribution in [0.1, 0.15) is 116 Å². The van der Waals surface area contributed by atoms with Gasteiger partial charge in [0, 0.05) is 0 Å². The number of unbranched alkanes of at least 4 members (excludes halogenated alkanes) is 13. The van der Waals surface area contributed by atoms with E-state index in [1.165, 1.54) is 76.7 Å². The van der Waals surface area contributed by atoms with Gasteiger partial charge in [0.25, 0.3) is 0 Å². The number of ether oxygens (including phenoxy) is 1. The second-order valence-corrected chi connectivity index (χ2v) is 8.29. The quantitative estimate of drug-likeness (QED) is 0.111. The zero-order chi connectivity index (χ0) is 22.3. The van der Waals surface area contributed by atoms with Crippen molar-refractivity contribution in [3.63, 3.8) is 0 Å². The van der Waals surface area contributed by atoms with Crippen LogP contribution >= 0.6 is 0 Å². The first kappa shape index (κ1) is 28.4. The van der Waals surface area contributed by atoms with E-state index in [4.69, 9.17) is 9.84 Å². The van der Waals surface area contributed by atoms with Gasteiger partial charge in [0.15, 0.2) is 0 Å². The number of allylic oxidation sites excluding steroid dienone is 2. The van der Waals surface area contributed by atoms with Crippen LogP contribution in [-0.2, 0) is 14.3 Å². The Kier molecular flexibility index (Phi) is 20.9. The van der Waals surface area contributed by atoms with Gasteiger partial charge in [-0.2, -0.15) is 0 Å². The number of carbonyl (C=O) groups excluding carboxylic acids is 1. The minimum Gasteiger partial charge on any atom is -0.481 e. The molecular weight excluding hydrogens is 376 g/mol. The molecule has 174 valence electrons. The molecule has 0 aliphatic heterocycles. The largest absolute Gasteiger partial charge is 0.481 e. The smallest absolute Gasteiger partial charge is 0.309 e. The van der Waals surface area contributed by atoms with Crippen molar-refractivity contribution in [2.75, 3.05) is 6.61 Å². The molecule has 0 aromatic heterocycles. The second-order valence-electron chi connectivity index (χ2n) is 8.29. The van der Waals surface area contributed by atoms with Crippen molar-refractivity contribution in [2.45, 2.75) is 116 Å². The van der Waals surface area contributed by atoms with Crippen molar-refractivity contribution in [3.8, 4) is 0 Å². The molecule has 0 aromatic carbocycles. The Morgan fingerprint density at radius 3 is 1.83 bits per heavy atom. The fraction of sp³-hybridized carbons (Fsp3) is 0.769. The molecule has 0 bridgehead atoms. The third-order valence-corrected chi connectivity index (χ3v) is 5.41. The van der Waals surface area contributed by atoms with Gasteiger partial charge in [-0.05, 0) is 32.1 Å². The van der Waals surface area contributed by atoms with Gasteiger partial charge in [0.2, 0.25) is 0 Å². The van der Waals surface area contributed by atoms with Gasteiger partial charge in [-0.25, -0.2) is 0 Å². The van der Waals surface area contributed by atoms with Crippen molar-refractivity contribution in [1.29, 1.82) is 0 Å². The summed E-state index contributed by atoms with van der Waals surface area (Å²) in [6, 6.07) is 0. The van der Waals surface area contributed by atoms with Crippen LogP contribution in [0.15, 0.2) is 24.8 Å². The van der Waals surface area contributed by atoms with Crippen molar-refractivity contribution in [3.05, 3.63) is 24.8 Å². The summed E-state index contributed by atoms with van der Waals surface area (Å²) < 4.78 is 5.00. The van der Waals surface area contributed by atoms with Crippen LogP contribution < -0.4 is 0 Å². The Balaban J connectivity index is 3.57. The molecule has 0 saturated carbocycles. The molecule has 0 amide bonds. The molecule has 0 aromatic rings. The SMILES string of the molecule is C=CCOC(=O)C(CCCC/C=C/CCCCCCCCCCCCC)CC(=O)O. The first-order chi connectivity index (χ1) is 14.6. The lowest BCUT2D eigenvalue weighted by Gasteiger charge is -2.13. The Labute approximate surface area is 185 Å². The molecule has 0 rings (SSSR count). The Morgan fingerprint density at radius 1 is 0.833 bits per heavy atom. The average Bonchev–Trinajstić information content (AvgIpc) is 2.73. The molecule has 0 heterocycles. The van der Waals surface area contributed by atoms with Gasteiger partial charge in [0.05, 0.1) is 12.3 Å². The van der Waals surface area contributed by atoms with Crippen molar-refractivity contribution >= 4 is 11.9 Å². The zero-order valence-electron chi connectivity index (χ0n) is 19.4. The molecule has 0 radical (unpaired) electrons. The highest BCUT2D eigenvalue weighted by molar-refractivity contribution is 5.79. The summed E-state index contributed by atoms with van der Waals surface area (Å²) in [5, 5.41) is 8.96. The van der Waals surface area contributed by atoms with Crippen LogP contribution in [0, 0.1) is 5.92 Å². The molecule has 0 fully saturated rings. The highest BCUT2D eigenvalue weighted by Crippen LogP contribution is 2.17. The van der Waals surface area contributed by atoms with Crippen LogP contribution in [-0.4, -0.2) is 23.7 Å². The molecule has 0 saturated heterocycles. The van der Waals surface area contributed by atoms with E-state index in [0.29, 0.717) is 6.42 Å². The highest BCUT2D eigenvalue weighted by atomic mass is 16.5. The van der Waals surface area contributed by atoms with Gasteiger partial charge in [-0.1, -0.05) is 102 Å². The Bertz CT molecular complexity index is 456. The number of carboxylic acid groups (broad SMARTS) is 1. The van der Waals surface area contributed by atoms with Crippen LogP contribution in [0.3, 0.4) is 0 Å². The maximum Gasteiger partial charge on any atom is 0.309 e. The summed E-state index contributed by atoms with van der Waals surface area (Å²) in [6.07, 6.45) is 25.4. The maximum atomic E-state index is 11.9. The van der Waals surface area contributed by atoms with Crippen molar-refractivity contribution < 1.29 is 19.4 Å². The third-order valence-electron chi connectivity index (χ3n) is 5.41. The normalized spacial score (nSPS) is 12.2. The fourth-order valence-electron chi connectivity index (χ4n) is 3.59. The summed E-state index contributed by atoms with van der Waals surface area (Å²) in [6.45, 7) is 5.90. The maximum absolute atomic E-state index is 11.9. The van der Waals surface area contributed by atoms with E-state index in [2.05, 4.69) is 25.7 Å². The highest BCUT2D eigenvalue weighted by Gasteiger charge is 2.22. The molecule has 1 unspecified atom stereocenters. The number of aliphatic carboxylic acids is 1. The van der Waals surface area contributed by atoms with E-state index >= 15 is 0 Å². The minimum absolute atomic E-state index is 0.136. The number of esters is 1. The molecule has 0 spiro atoms. The first-order valence-electron chi connectivity index (χ1n) is 12.3. The van der Waals surface area contributed by atoms with Gasteiger partial charge in [-0.3, -0.25) is 9.59 Å². The van der Waals surface area contributed by atoms with Crippen molar-refractivity contribution in [1.82, 2.24) is 0 Å². The lowest BCUT2D eigenvalue weighted by atomic mass is 9.98. The summed E-state index contributed by atoms with van der Waals surface area (Å²) in [7, 11) is 0. The van der Waals surface area contributed by atoms with Gasteiger partial charge < -0.3 is 9.84 Å². The topological polar surface area (TPSA) is 63.6 Å². The van der Waals surface area contributed by atoms with E-state index in [0.717, 1.165) is 25.7 Å². The van der Waals surface area contributed by atoms with E-state index in [-0.39, 0.29) is 13.0 Å². The predicted octanol–water partition coefficient (Wildman–Crippen LogP) is 7.62. The summed E-state index contributed by atoms with van der Waals surface area (Å²) in [5.74, 6) is -1.94. The van der Waals surface area contributed by atoms with Gasteiger partial charge in [-0.15, -0.1) is 0 Å². The van der Waals surface area contributed by atoms with Crippen molar-refractivity contribution in [2.24, 2.45) is 5.92 Å². The van der Waals surface area contributed by atoms with Gasteiger partial charge in [0.1, 0.15) is 6.61 Å². The number of carbonyl (C=O) groups is 2. The molecule has 1 N–H and O–H groups in total. The standard InChI is InChI=1S/C26H46O4/c1-3-5-6-7-8-9-10-11-12-13-14-15-16-17-18-19-20-21-24(23-25(27)28)26(29)30-22-4-2/h4,16-17,24H,2-3,5-15,18-23H2,1H3,(H,27,28)/b17-16+. The Morgan fingerprint density at radius 2 is 1.33 bits per heavy atom. The molecule has 0 aliphatic rings. The average molecular weight is 423 g/mol. The molecule has 30 heavy (non-hydrogen) atoms. The number of hydrogen-bond donors (Lipinski definition) is 1. The van der Waals surface area contributed by atoms with Crippen LogP contribution in [0.5, 0.6) is 0 Å². The summed E-state index contributed by atoms with van der Waals surface area (Å²) >= 11 is 0. The minimum atomic E-state index is -0.956. The lowest BCUT2D eigenvalue weighted by Crippen LogP contribution is -2.21.